The van der Waals surface area contributed by atoms with E-state index in [-0.39, 0.29) is 29.4 Å². The molecule has 15 heteroatoms. The first kappa shape index (κ1) is 27.5. The average molecular weight is 615 g/mol. The lowest BCUT2D eigenvalue weighted by Crippen LogP contribution is -2.31. The second-order valence-corrected chi connectivity index (χ2v) is 12.1. The number of nitrogens with zero attached hydrogens (tertiary/aromatic N) is 7. The standard InChI is InChI=1S/C29H26N8O6S/c1-16-7-6-8-19-22(16)28(38)37(35-11-4-5-12-35)21(33-19)14-36-27-23(26(30)31-15-32-27)24(34-36)17-9-10-20(43-44(39,40)41)25-18(17)13-29(2,3)42-25/h4-12,15H,13-14H2,1-3H3,(H2,30,31,32)(H,39,40,41). The molecule has 0 radical (unpaired) electrons. The minimum atomic E-state index is -4.81. The molecule has 0 bridgehead atoms. The van der Waals surface area contributed by atoms with Crippen LogP contribution in [0.2, 0.25) is 0 Å². The van der Waals surface area contributed by atoms with Crippen molar-refractivity contribution in [1.29, 1.82) is 0 Å². The Morgan fingerprint density at radius 3 is 2.61 bits per heavy atom. The van der Waals surface area contributed by atoms with Gasteiger partial charge in [-0.05, 0) is 56.7 Å². The molecule has 1 aliphatic heterocycles. The van der Waals surface area contributed by atoms with E-state index in [9.17, 15) is 17.8 Å². The van der Waals surface area contributed by atoms with Crippen molar-refractivity contribution in [2.24, 2.45) is 0 Å². The van der Waals surface area contributed by atoms with Gasteiger partial charge in [0.05, 0.1) is 16.3 Å². The maximum atomic E-state index is 13.9. The molecule has 0 saturated heterocycles. The minimum Gasteiger partial charge on any atom is -0.483 e. The lowest BCUT2D eigenvalue weighted by Gasteiger charge is -2.17. The van der Waals surface area contributed by atoms with Crippen molar-refractivity contribution < 1.29 is 21.9 Å². The number of aromatic nitrogens is 7. The summed E-state index contributed by atoms with van der Waals surface area (Å²) >= 11 is 0. The molecule has 0 saturated carbocycles. The van der Waals surface area contributed by atoms with Crippen LogP contribution in [0.25, 0.3) is 33.2 Å². The SMILES string of the molecule is Cc1cccc2nc(Cn3nc(-c4ccc(OS(=O)(=O)O)c5c4CC(C)(C)O5)c4c(N)ncnc43)n(-n3cccc3)c(=O)c12. The molecule has 44 heavy (non-hydrogen) atoms. The van der Waals surface area contributed by atoms with Crippen molar-refractivity contribution in [2.75, 3.05) is 5.73 Å². The second kappa shape index (κ2) is 9.62. The van der Waals surface area contributed by atoms with Crippen LogP contribution in [0.5, 0.6) is 11.5 Å². The van der Waals surface area contributed by atoms with Gasteiger partial charge >= 0.3 is 10.4 Å². The van der Waals surface area contributed by atoms with Crippen molar-refractivity contribution in [3.63, 3.8) is 0 Å². The zero-order chi connectivity index (χ0) is 31.0. The highest BCUT2D eigenvalue weighted by Gasteiger charge is 2.37. The van der Waals surface area contributed by atoms with Gasteiger partial charge in [-0.25, -0.2) is 19.6 Å². The molecule has 4 aromatic heterocycles. The van der Waals surface area contributed by atoms with Gasteiger partial charge in [-0.1, -0.05) is 12.1 Å². The van der Waals surface area contributed by atoms with Crippen molar-refractivity contribution in [3.8, 4) is 22.8 Å². The lowest BCUT2D eigenvalue weighted by molar-refractivity contribution is 0.135. The summed E-state index contributed by atoms with van der Waals surface area (Å²) in [7, 11) is -4.81. The fourth-order valence-electron chi connectivity index (χ4n) is 5.73. The van der Waals surface area contributed by atoms with Crippen LogP contribution in [0.3, 0.4) is 0 Å². The van der Waals surface area contributed by atoms with Crippen LogP contribution in [0.15, 0.2) is 66.0 Å². The summed E-state index contributed by atoms with van der Waals surface area (Å²) in [5.74, 6) is 0.572. The van der Waals surface area contributed by atoms with Gasteiger partial charge in [0, 0.05) is 29.9 Å². The van der Waals surface area contributed by atoms with Crippen LogP contribution in [0.1, 0.15) is 30.8 Å². The van der Waals surface area contributed by atoms with Crippen LogP contribution < -0.4 is 20.2 Å². The van der Waals surface area contributed by atoms with E-state index in [0.717, 1.165) is 5.56 Å². The second-order valence-electron chi connectivity index (χ2n) is 11.1. The summed E-state index contributed by atoms with van der Waals surface area (Å²) in [4.78, 5) is 27.4. The Morgan fingerprint density at radius 2 is 1.86 bits per heavy atom. The maximum Gasteiger partial charge on any atom is 0.446 e. The van der Waals surface area contributed by atoms with E-state index in [1.807, 2.05) is 45.0 Å². The quantitative estimate of drug-likeness (QED) is 0.263. The molecule has 0 unspecified atom stereocenters. The largest absolute Gasteiger partial charge is 0.483 e. The highest BCUT2D eigenvalue weighted by Crippen LogP contribution is 2.48. The van der Waals surface area contributed by atoms with Gasteiger partial charge in [0.25, 0.3) is 5.56 Å². The number of hydrogen-bond donors (Lipinski definition) is 2. The first-order valence-electron chi connectivity index (χ1n) is 13.5. The Hall–Kier alpha value is -5.28. The van der Waals surface area contributed by atoms with Crippen LogP contribution >= 0.6 is 0 Å². The van der Waals surface area contributed by atoms with Gasteiger partial charge < -0.3 is 14.7 Å². The van der Waals surface area contributed by atoms with E-state index in [1.54, 1.807) is 33.9 Å². The molecule has 0 fully saturated rings. The van der Waals surface area contributed by atoms with E-state index in [1.165, 1.54) is 17.1 Å². The fourth-order valence-corrected chi connectivity index (χ4v) is 6.09. The van der Waals surface area contributed by atoms with E-state index >= 15 is 0 Å². The highest BCUT2D eigenvalue weighted by molar-refractivity contribution is 7.81. The third kappa shape index (κ3) is 4.53. The zero-order valence-electron chi connectivity index (χ0n) is 23.8. The molecule has 0 aliphatic carbocycles. The number of ether oxygens (including phenoxy) is 1. The summed E-state index contributed by atoms with van der Waals surface area (Å²) in [6.07, 6.45) is 5.21. The average Bonchev–Trinajstić information content (AvgIpc) is 3.66. The molecular formula is C29H26N8O6S. The number of nitrogens with two attached hydrogens (primary N) is 1. The summed E-state index contributed by atoms with van der Waals surface area (Å²) in [5, 5.41) is 5.86. The molecule has 224 valence electrons. The molecule has 2 aromatic carbocycles. The third-order valence-corrected chi connectivity index (χ3v) is 7.87. The fraction of sp³-hybridized carbons (Fsp3) is 0.207. The first-order chi connectivity index (χ1) is 20.9. The molecule has 3 N–H and O–H groups in total. The van der Waals surface area contributed by atoms with Gasteiger partial charge in [-0.15, -0.1) is 0 Å². The van der Waals surface area contributed by atoms with Crippen LogP contribution in [-0.4, -0.2) is 52.7 Å². The Kier molecular flexibility index (Phi) is 6.02. The lowest BCUT2D eigenvalue weighted by atomic mass is 9.95. The Bertz CT molecular complexity index is 2290. The number of anilines is 1. The van der Waals surface area contributed by atoms with E-state index in [2.05, 4.69) is 9.97 Å². The van der Waals surface area contributed by atoms with E-state index < -0.39 is 16.0 Å². The molecule has 1 aliphatic rings. The molecular weight excluding hydrogens is 588 g/mol. The van der Waals surface area contributed by atoms with Crippen molar-refractivity contribution >= 4 is 38.2 Å². The molecule has 5 heterocycles. The topological polar surface area (TPSA) is 182 Å². The smallest absolute Gasteiger partial charge is 0.446 e. The third-order valence-electron chi connectivity index (χ3n) is 7.48. The number of rotatable bonds is 6. The van der Waals surface area contributed by atoms with Crippen molar-refractivity contribution in [2.45, 2.75) is 39.3 Å². The molecule has 7 rings (SSSR count). The number of hydrogen-bond acceptors (Lipinski definition) is 10. The molecule has 14 nitrogen and oxygen atoms in total. The van der Waals surface area contributed by atoms with Gasteiger partial charge in [-0.3, -0.25) is 14.0 Å². The first-order valence-corrected chi connectivity index (χ1v) is 14.9. The summed E-state index contributed by atoms with van der Waals surface area (Å²) in [5.41, 5.74) is 8.80. The van der Waals surface area contributed by atoms with Crippen LogP contribution in [-0.2, 0) is 23.4 Å². The molecule has 6 aromatic rings. The zero-order valence-corrected chi connectivity index (χ0v) is 24.6. The van der Waals surface area contributed by atoms with Gasteiger partial charge in [0.1, 0.15) is 30.0 Å². The summed E-state index contributed by atoms with van der Waals surface area (Å²) in [6.45, 7) is 5.60. The summed E-state index contributed by atoms with van der Waals surface area (Å²) in [6, 6.07) is 12.1. The Morgan fingerprint density at radius 1 is 1.09 bits per heavy atom. The predicted octanol–water partition coefficient (Wildman–Crippen LogP) is 3.15. The maximum absolute atomic E-state index is 13.9. The highest BCUT2D eigenvalue weighted by atomic mass is 32.3. The minimum absolute atomic E-state index is 0.0401. The van der Waals surface area contributed by atoms with Crippen molar-refractivity contribution in [1.82, 2.24) is 34.1 Å². The predicted molar refractivity (Wildman–Crippen MR) is 161 cm³/mol. The normalized spacial score (nSPS) is 14.2. The number of aryl methyl sites for hydroxylation is 1. The van der Waals surface area contributed by atoms with E-state index in [0.29, 0.717) is 51.0 Å². The number of nitrogen functional groups attached to an aromatic ring is 1. The van der Waals surface area contributed by atoms with Crippen molar-refractivity contribution in [3.05, 3.63) is 88.5 Å². The monoisotopic (exact) mass is 614 g/mol. The number of fused-ring (bicyclic) bond motifs is 3. The molecule has 0 spiro atoms. The Labute approximate surface area is 250 Å². The van der Waals surface area contributed by atoms with Crippen LogP contribution in [0, 0.1) is 6.92 Å². The van der Waals surface area contributed by atoms with Gasteiger partial charge in [0.2, 0.25) is 0 Å². The van der Waals surface area contributed by atoms with Gasteiger partial charge in [-0.2, -0.15) is 18.2 Å². The van der Waals surface area contributed by atoms with Crippen LogP contribution in [0.4, 0.5) is 5.82 Å². The summed E-state index contributed by atoms with van der Waals surface area (Å²) < 4.78 is 48.1. The molecule has 0 atom stereocenters. The van der Waals surface area contributed by atoms with E-state index in [4.69, 9.17) is 24.7 Å². The number of benzene rings is 2. The molecule has 0 amide bonds. The Balaban J connectivity index is 1.45. The van der Waals surface area contributed by atoms with Gasteiger partial charge in [0.15, 0.2) is 23.0 Å².